The van der Waals surface area contributed by atoms with Gasteiger partial charge in [0.25, 0.3) is 0 Å². The van der Waals surface area contributed by atoms with Crippen LogP contribution in [0, 0.1) is 17.2 Å². The Bertz CT molecular complexity index is 469. The van der Waals surface area contributed by atoms with E-state index in [0.717, 1.165) is 6.42 Å². The Kier molecular flexibility index (Phi) is 6.02. The van der Waals surface area contributed by atoms with E-state index >= 15 is 0 Å². The summed E-state index contributed by atoms with van der Waals surface area (Å²) in [5, 5.41) is 3.21. The topological polar surface area (TPSA) is 30.5 Å². The van der Waals surface area contributed by atoms with E-state index in [0.29, 0.717) is 23.0 Å². The molecule has 4 heteroatoms. The van der Waals surface area contributed by atoms with Crippen molar-refractivity contribution in [2.45, 2.75) is 40.2 Å². The van der Waals surface area contributed by atoms with Gasteiger partial charge >= 0.3 is 0 Å². The maximum atomic E-state index is 14.4. The molecule has 0 aliphatic heterocycles. The van der Waals surface area contributed by atoms with Gasteiger partial charge in [0.2, 0.25) is 0 Å². The Hall–Kier alpha value is -1.29. The SMILES string of the molecule is CNC(CC(C)C(C)(C)C)c1cc(OC)c(OC)cc1F. The molecule has 0 saturated heterocycles. The van der Waals surface area contributed by atoms with E-state index in [2.05, 4.69) is 33.0 Å². The summed E-state index contributed by atoms with van der Waals surface area (Å²) in [5.74, 6) is 1.14. The van der Waals surface area contributed by atoms with Crippen LogP contribution in [0.25, 0.3) is 0 Å². The summed E-state index contributed by atoms with van der Waals surface area (Å²) in [6.07, 6.45) is 0.854. The number of halogens is 1. The maximum Gasteiger partial charge on any atom is 0.163 e. The summed E-state index contributed by atoms with van der Waals surface area (Å²) >= 11 is 0. The Morgan fingerprint density at radius 2 is 1.67 bits per heavy atom. The fourth-order valence-electron chi connectivity index (χ4n) is 2.24. The molecule has 2 atom stereocenters. The molecule has 0 saturated carbocycles. The zero-order chi connectivity index (χ0) is 16.2. The number of ether oxygens (including phenoxy) is 2. The highest BCUT2D eigenvalue weighted by Gasteiger charge is 2.26. The smallest absolute Gasteiger partial charge is 0.163 e. The number of rotatable bonds is 6. The minimum absolute atomic E-state index is 0.0565. The van der Waals surface area contributed by atoms with Gasteiger partial charge in [-0.2, -0.15) is 0 Å². The summed E-state index contributed by atoms with van der Waals surface area (Å²) in [4.78, 5) is 0. The van der Waals surface area contributed by atoms with E-state index < -0.39 is 0 Å². The van der Waals surface area contributed by atoms with E-state index in [4.69, 9.17) is 9.47 Å². The van der Waals surface area contributed by atoms with Gasteiger partial charge in [0, 0.05) is 17.7 Å². The van der Waals surface area contributed by atoms with Crippen molar-refractivity contribution in [3.8, 4) is 11.5 Å². The van der Waals surface area contributed by atoms with Gasteiger partial charge in [0.15, 0.2) is 11.5 Å². The molecule has 0 radical (unpaired) electrons. The summed E-state index contributed by atoms with van der Waals surface area (Å²) in [5.41, 5.74) is 0.800. The highest BCUT2D eigenvalue weighted by molar-refractivity contribution is 5.44. The van der Waals surface area contributed by atoms with Crippen molar-refractivity contribution in [1.29, 1.82) is 0 Å². The number of nitrogens with one attached hydrogen (secondary N) is 1. The molecule has 21 heavy (non-hydrogen) atoms. The minimum Gasteiger partial charge on any atom is -0.493 e. The van der Waals surface area contributed by atoms with Gasteiger partial charge in [-0.15, -0.1) is 0 Å². The average Bonchev–Trinajstić information content (AvgIpc) is 2.43. The number of methoxy groups -OCH3 is 2. The van der Waals surface area contributed by atoms with Crippen molar-refractivity contribution in [3.63, 3.8) is 0 Å². The number of hydrogen-bond donors (Lipinski definition) is 1. The Labute approximate surface area is 127 Å². The fourth-order valence-corrected chi connectivity index (χ4v) is 2.24. The molecule has 0 aliphatic carbocycles. The first kappa shape index (κ1) is 17.8. The van der Waals surface area contributed by atoms with E-state index in [1.165, 1.54) is 13.2 Å². The molecule has 3 nitrogen and oxygen atoms in total. The van der Waals surface area contributed by atoms with E-state index in [9.17, 15) is 4.39 Å². The largest absolute Gasteiger partial charge is 0.493 e. The molecule has 120 valence electrons. The lowest BCUT2D eigenvalue weighted by Crippen LogP contribution is -2.26. The molecule has 0 spiro atoms. The predicted molar refractivity (Wildman–Crippen MR) is 84.5 cm³/mol. The van der Waals surface area contributed by atoms with Crippen molar-refractivity contribution in [1.82, 2.24) is 5.32 Å². The van der Waals surface area contributed by atoms with Gasteiger partial charge in [-0.25, -0.2) is 4.39 Å². The first-order valence-corrected chi connectivity index (χ1v) is 7.33. The Morgan fingerprint density at radius 1 is 1.14 bits per heavy atom. The Morgan fingerprint density at radius 3 is 2.10 bits per heavy atom. The van der Waals surface area contributed by atoms with Crippen LogP contribution in [0.15, 0.2) is 12.1 Å². The standard InChI is InChI=1S/C17H28FNO2/c1-11(17(2,3)4)8-14(19-5)12-9-15(20-6)16(21-7)10-13(12)18/h9-11,14,19H,8H2,1-7H3. The molecule has 1 N–H and O–H groups in total. The van der Waals surface area contributed by atoms with Gasteiger partial charge in [-0.1, -0.05) is 27.7 Å². The lowest BCUT2D eigenvalue weighted by molar-refractivity contribution is 0.224. The quantitative estimate of drug-likeness (QED) is 0.854. The molecule has 1 aromatic rings. The lowest BCUT2D eigenvalue weighted by Gasteiger charge is -2.31. The van der Waals surface area contributed by atoms with Crippen LogP contribution in [0.3, 0.4) is 0 Å². The molecule has 0 heterocycles. The molecule has 0 bridgehead atoms. The lowest BCUT2D eigenvalue weighted by atomic mass is 9.77. The molecule has 0 amide bonds. The molecular weight excluding hydrogens is 269 g/mol. The van der Waals surface area contributed by atoms with Crippen molar-refractivity contribution in [2.24, 2.45) is 11.3 Å². The molecule has 1 rings (SSSR count). The van der Waals surface area contributed by atoms with Gasteiger partial charge in [0.05, 0.1) is 14.2 Å². The molecule has 0 fully saturated rings. The van der Waals surface area contributed by atoms with E-state index in [-0.39, 0.29) is 17.3 Å². The molecule has 0 aliphatic rings. The normalized spacial score (nSPS) is 14.7. The first-order chi connectivity index (χ1) is 9.74. The monoisotopic (exact) mass is 297 g/mol. The zero-order valence-electron chi connectivity index (χ0n) is 14.2. The highest BCUT2D eigenvalue weighted by atomic mass is 19.1. The van der Waals surface area contributed by atoms with Crippen LogP contribution in [0.2, 0.25) is 0 Å². The van der Waals surface area contributed by atoms with Crippen LogP contribution >= 0.6 is 0 Å². The van der Waals surface area contributed by atoms with Crippen molar-refractivity contribution in [3.05, 3.63) is 23.5 Å². The average molecular weight is 297 g/mol. The molecule has 1 aromatic carbocycles. The predicted octanol–water partition coefficient (Wildman–Crippen LogP) is 4.18. The van der Waals surface area contributed by atoms with Crippen LogP contribution in [0.4, 0.5) is 4.39 Å². The van der Waals surface area contributed by atoms with Gasteiger partial charge in [-0.3, -0.25) is 0 Å². The third kappa shape index (κ3) is 4.34. The van der Waals surface area contributed by atoms with Crippen LogP contribution < -0.4 is 14.8 Å². The van der Waals surface area contributed by atoms with E-state index in [1.807, 2.05) is 7.05 Å². The second-order valence-electron chi connectivity index (χ2n) is 6.57. The van der Waals surface area contributed by atoms with Crippen LogP contribution in [0.5, 0.6) is 11.5 Å². The summed E-state index contributed by atoms with van der Waals surface area (Å²) in [7, 11) is 4.93. The second kappa shape index (κ2) is 7.12. The van der Waals surface area contributed by atoms with Crippen LogP contribution in [-0.4, -0.2) is 21.3 Å². The third-order valence-corrected chi connectivity index (χ3v) is 4.29. The Balaban J connectivity index is 3.11. The maximum absolute atomic E-state index is 14.4. The van der Waals surface area contributed by atoms with Crippen molar-refractivity contribution >= 4 is 0 Å². The molecule has 2 unspecified atom stereocenters. The minimum atomic E-state index is -0.270. The van der Waals surface area contributed by atoms with E-state index in [1.54, 1.807) is 13.2 Å². The van der Waals surface area contributed by atoms with Crippen LogP contribution in [0.1, 0.15) is 45.7 Å². The third-order valence-electron chi connectivity index (χ3n) is 4.29. The van der Waals surface area contributed by atoms with Gasteiger partial charge < -0.3 is 14.8 Å². The first-order valence-electron chi connectivity index (χ1n) is 7.33. The second-order valence-corrected chi connectivity index (χ2v) is 6.57. The summed E-state index contributed by atoms with van der Waals surface area (Å²) < 4.78 is 24.8. The number of hydrogen-bond acceptors (Lipinski definition) is 3. The molecule has 0 aromatic heterocycles. The zero-order valence-corrected chi connectivity index (χ0v) is 14.2. The summed E-state index contributed by atoms with van der Waals surface area (Å²) in [6, 6.07) is 3.06. The molecular formula is C17H28FNO2. The van der Waals surface area contributed by atoms with Gasteiger partial charge in [0.1, 0.15) is 5.82 Å². The van der Waals surface area contributed by atoms with Crippen LogP contribution in [-0.2, 0) is 0 Å². The number of benzene rings is 1. The van der Waals surface area contributed by atoms with Crippen molar-refractivity contribution in [2.75, 3.05) is 21.3 Å². The van der Waals surface area contributed by atoms with Crippen molar-refractivity contribution < 1.29 is 13.9 Å². The fraction of sp³-hybridized carbons (Fsp3) is 0.647. The summed E-state index contributed by atoms with van der Waals surface area (Å²) in [6.45, 7) is 8.81. The van der Waals surface area contributed by atoms with Gasteiger partial charge in [-0.05, 0) is 30.9 Å². The highest BCUT2D eigenvalue weighted by Crippen LogP contribution is 2.37.